The lowest BCUT2D eigenvalue weighted by Crippen LogP contribution is -2.61. The van der Waals surface area contributed by atoms with E-state index < -0.39 is 18.0 Å². The SMILES string of the molecule is CC(c1ccccc1COC(=O)C1=C(SCCN)C[C@@H]2[C@@H]([C@@H](C)O)C(=O)N12)N(C)C. The molecule has 1 fully saturated rings. The summed E-state index contributed by atoms with van der Waals surface area (Å²) in [6.45, 7) is 4.33. The van der Waals surface area contributed by atoms with Crippen molar-refractivity contribution in [2.75, 3.05) is 26.4 Å². The number of aliphatic hydroxyl groups is 1. The molecule has 1 unspecified atom stereocenters. The van der Waals surface area contributed by atoms with Crippen molar-refractivity contribution < 1.29 is 19.4 Å². The highest BCUT2D eigenvalue weighted by atomic mass is 32.2. The summed E-state index contributed by atoms with van der Waals surface area (Å²) in [6.07, 6.45) is -0.181. The first kappa shape index (κ1) is 22.8. The molecule has 164 valence electrons. The predicted octanol–water partition coefficient (Wildman–Crippen LogP) is 1.87. The lowest BCUT2D eigenvalue weighted by atomic mass is 9.83. The Morgan fingerprint density at radius 3 is 2.70 bits per heavy atom. The number of amides is 1. The summed E-state index contributed by atoms with van der Waals surface area (Å²) in [5.74, 6) is -0.525. The quantitative estimate of drug-likeness (QED) is 0.453. The van der Waals surface area contributed by atoms with Gasteiger partial charge >= 0.3 is 5.97 Å². The first-order chi connectivity index (χ1) is 14.3. The van der Waals surface area contributed by atoms with Crippen LogP contribution in [0.15, 0.2) is 34.9 Å². The van der Waals surface area contributed by atoms with Gasteiger partial charge in [0.2, 0.25) is 5.91 Å². The second-order valence-corrected chi connectivity index (χ2v) is 9.26. The molecule has 0 aromatic heterocycles. The Kier molecular flexibility index (Phi) is 7.23. The highest BCUT2D eigenvalue weighted by molar-refractivity contribution is 8.03. The summed E-state index contributed by atoms with van der Waals surface area (Å²) in [5, 5.41) is 9.94. The van der Waals surface area contributed by atoms with Crippen molar-refractivity contribution in [3.05, 3.63) is 46.0 Å². The van der Waals surface area contributed by atoms with Crippen LogP contribution in [0.4, 0.5) is 0 Å². The van der Waals surface area contributed by atoms with Gasteiger partial charge in [0.1, 0.15) is 12.3 Å². The topological polar surface area (TPSA) is 96.1 Å². The van der Waals surface area contributed by atoms with Gasteiger partial charge in [0.05, 0.1) is 18.1 Å². The molecule has 8 heteroatoms. The fourth-order valence-corrected chi connectivity index (χ4v) is 5.07. The third-order valence-corrected chi connectivity index (χ3v) is 7.06. The lowest BCUT2D eigenvalue weighted by molar-refractivity contribution is -0.162. The van der Waals surface area contributed by atoms with Crippen LogP contribution in [-0.4, -0.2) is 65.3 Å². The summed E-state index contributed by atoms with van der Waals surface area (Å²) in [7, 11) is 4.01. The molecule has 30 heavy (non-hydrogen) atoms. The van der Waals surface area contributed by atoms with Gasteiger partial charge in [-0.3, -0.25) is 4.79 Å². The van der Waals surface area contributed by atoms with E-state index in [0.717, 1.165) is 16.0 Å². The first-order valence-electron chi connectivity index (χ1n) is 10.3. The van der Waals surface area contributed by atoms with Crippen molar-refractivity contribution in [1.82, 2.24) is 9.80 Å². The molecular weight excluding hydrogens is 402 g/mol. The van der Waals surface area contributed by atoms with Crippen LogP contribution in [0.1, 0.15) is 37.4 Å². The standard InChI is InChI=1S/C22H31N3O4S/c1-13(24(3)4)16-8-6-5-7-15(16)12-29-22(28)20-18(30-10-9-23)11-17-19(14(2)26)21(27)25(17)20/h5-8,13-14,17,19,26H,9-12,23H2,1-4H3/t13?,14-,17-,19-/m1/s1. The number of carbonyl (C=O) groups is 2. The highest BCUT2D eigenvalue weighted by Crippen LogP contribution is 2.47. The van der Waals surface area contributed by atoms with E-state index in [4.69, 9.17) is 10.5 Å². The van der Waals surface area contributed by atoms with Gasteiger partial charge in [-0.15, -0.1) is 11.8 Å². The Hall–Kier alpha value is -1.87. The number of hydrogen-bond acceptors (Lipinski definition) is 7. The highest BCUT2D eigenvalue weighted by Gasteiger charge is 2.56. The third kappa shape index (κ3) is 4.27. The monoisotopic (exact) mass is 433 g/mol. The van der Waals surface area contributed by atoms with Gasteiger partial charge in [0.15, 0.2) is 0 Å². The van der Waals surface area contributed by atoms with E-state index in [9.17, 15) is 14.7 Å². The minimum absolute atomic E-state index is 0.137. The first-order valence-corrected chi connectivity index (χ1v) is 11.2. The van der Waals surface area contributed by atoms with Gasteiger partial charge in [0, 0.05) is 29.7 Å². The van der Waals surface area contributed by atoms with E-state index in [1.807, 2.05) is 38.4 Å². The number of aliphatic hydroxyl groups excluding tert-OH is 1. The van der Waals surface area contributed by atoms with E-state index in [-0.39, 0.29) is 24.6 Å². The van der Waals surface area contributed by atoms with Crippen LogP contribution in [0.3, 0.4) is 0 Å². The second kappa shape index (κ2) is 9.51. The van der Waals surface area contributed by atoms with Crippen LogP contribution in [0.25, 0.3) is 0 Å². The molecule has 0 saturated carbocycles. The number of hydrogen-bond donors (Lipinski definition) is 2. The number of fused-ring (bicyclic) bond motifs is 1. The zero-order valence-electron chi connectivity index (χ0n) is 18.0. The zero-order valence-corrected chi connectivity index (χ0v) is 18.8. The average Bonchev–Trinajstić information content (AvgIpc) is 3.03. The number of nitrogens with zero attached hydrogens (tertiary/aromatic N) is 2. The average molecular weight is 434 g/mol. The maximum absolute atomic E-state index is 13.0. The number of thioether (sulfide) groups is 1. The maximum Gasteiger partial charge on any atom is 0.356 e. The zero-order chi connectivity index (χ0) is 22.0. The predicted molar refractivity (Wildman–Crippen MR) is 117 cm³/mol. The molecule has 0 radical (unpaired) electrons. The molecule has 1 saturated heterocycles. The maximum atomic E-state index is 13.0. The Balaban J connectivity index is 1.77. The normalized spacial score (nSPS) is 22.8. The van der Waals surface area contributed by atoms with E-state index in [1.165, 1.54) is 16.7 Å². The molecule has 2 heterocycles. The molecule has 3 N–H and O–H groups in total. The van der Waals surface area contributed by atoms with Gasteiger partial charge in [-0.2, -0.15) is 0 Å². The molecule has 1 amide bonds. The van der Waals surface area contributed by atoms with Crippen LogP contribution in [0.5, 0.6) is 0 Å². The molecule has 1 aromatic carbocycles. The Morgan fingerprint density at radius 2 is 2.07 bits per heavy atom. The van der Waals surface area contributed by atoms with Crippen LogP contribution < -0.4 is 5.73 Å². The van der Waals surface area contributed by atoms with Gasteiger partial charge in [-0.05, 0) is 39.1 Å². The molecule has 0 aliphatic carbocycles. The number of rotatable bonds is 9. The second-order valence-electron chi connectivity index (χ2n) is 8.07. The summed E-state index contributed by atoms with van der Waals surface area (Å²) in [4.78, 5) is 30.1. The van der Waals surface area contributed by atoms with E-state index in [2.05, 4.69) is 11.8 Å². The Labute approximate surface area is 182 Å². The van der Waals surface area contributed by atoms with Crippen LogP contribution in [0, 0.1) is 5.92 Å². The van der Waals surface area contributed by atoms with Crippen molar-refractivity contribution >= 4 is 23.6 Å². The van der Waals surface area contributed by atoms with E-state index in [1.54, 1.807) is 6.92 Å². The van der Waals surface area contributed by atoms with Crippen LogP contribution in [0.2, 0.25) is 0 Å². The number of β-lactam (4-membered cyclic amide) rings is 1. The van der Waals surface area contributed by atoms with Crippen molar-refractivity contribution in [2.24, 2.45) is 11.7 Å². The van der Waals surface area contributed by atoms with Gasteiger partial charge in [-0.25, -0.2) is 4.79 Å². The third-order valence-electron chi connectivity index (χ3n) is 5.91. The van der Waals surface area contributed by atoms with Crippen LogP contribution in [-0.2, 0) is 20.9 Å². The lowest BCUT2D eigenvalue weighted by Gasteiger charge is -2.44. The Bertz CT molecular complexity index is 839. The van der Waals surface area contributed by atoms with Crippen LogP contribution >= 0.6 is 11.8 Å². The van der Waals surface area contributed by atoms with Gasteiger partial charge in [0.25, 0.3) is 0 Å². The number of nitrogens with two attached hydrogens (primary N) is 1. The Morgan fingerprint density at radius 1 is 1.37 bits per heavy atom. The minimum atomic E-state index is -0.741. The van der Waals surface area contributed by atoms with Gasteiger partial charge < -0.3 is 25.4 Å². The van der Waals surface area contributed by atoms with Crippen molar-refractivity contribution in [1.29, 1.82) is 0 Å². The largest absolute Gasteiger partial charge is 0.456 e. The summed E-state index contributed by atoms with van der Waals surface area (Å²) < 4.78 is 5.67. The number of carbonyl (C=O) groups excluding carboxylic acids is 2. The number of esters is 1. The van der Waals surface area contributed by atoms with E-state index in [0.29, 0.717) is 24.4 Å². The van der Waals surface area contributed by atoms with E-state index >= 15 is 0 Å². The number of benzene rings is 1. The van der Waals surface area contributed by atoms with Gasteiger partial charge in [-0.1, -0.05) is 24.3 Å². The molecular formula is C22H31N3O4S. The smallest absolute Gasteiger partial charge is 0.356 e. The van der Waals surface area contributed by atoms with Crippen molar-refractivity contribution in [2.45, 2.75) is 45.1 Å². The fourth-order valence-electron chi connectivity index (χ4n) is 4.09. The van der Waals surface area contributed by atoms with Crippen molar-refractivity contribution in [3.8, 4) is 0 Å². The summed E-state index contributed by atoms with van der Waals surface area (Å²) >= 11 is 1.49. The molecule has 7 nitrogen and oxygen atoms in total. The molecule has 0 spiro atoms. The molecule has 4 atom stereocenters. The summed E-state index contributed by atoms with van der Waals surface area (Å²) in [5.41, 5.74) is 7.99. The molecule has 3 rings (SSSR count). The summed E-state index contributed by atoms with van der Waals surface area (Å²) in [6, 6.07) is 7.89. The minimum Gasteiger partial charge on any atom is -0.456 e. The molecule has 0 bridgehead atoms. The molecule has 1 aromatic rings. The molecule has 2 aliphatic rings. The van der Waals surface area contributed by atoms with Crippen molar-refractivity contribution in [3.63, 3.8) is 0 Å². The fraction of sp³-hybridized carbons (Fsp3) is 0.545. The number of ether oxygens (including phenoxy) is 1. The molecule has 2 aliphatic heterocycles.